The van der Waals surface area contributed by atoms with E-state index in [4.69, 9.17) is 0 Å². The number of carbonyl (C=O) groups is 1. The van der Waals surface area contributed by atoms with Gasteiger partial charge in [0, 0.05) is 15.4 Å². The van der Waals surface area contributed by atoms with Gasteiger partial charge in [0.1, 0.15) is 0 Å². The van der Waals surface area contributed by atoms with Crippen LogP contribution in [-0.2, 0) is 0 Å². The number of nitrogens with one attached hydrogen (secondary N) is 2. The average molecular weight is 259 g/mol. The van der Waals surface area contributed by atoms with Gasteiger partial charge in [0.15, 0.2) is 0 Å². The summed E-state index contributed by atoms with van der Waals surface area (Å²) in [5.74, 6) is 0. The molecular weight excluding hydrogens is 246 g/mol. The van der Waals surface area contributed by atoms with Crippen molar-refractivity contribution >= 4 is 29.3 Å². The van der Waals surface area contributed by atoms with Crippen LogP contribution in [0, 0.1) is 6.92 Å². The fourth-order valence-corrected chi connectivity index (χ4v) is 2.11. The summed E-state index contributed by atoms with van der Waals surface area (Å²) in [5.41, 5.74) is 3.15. The van der Waals surface area contributed by atoms with Gasteiger partial charge in [0.25, 0.3) is 0 Å². The normalized spacial score (nSPS) is 10.5. The van der Waals surface area contributed by atoms with Crippen LogP contribution in [0.15, 0.2) is 47.6 Å². The van der Waals surface area contributed by atoms with Crippen LogP contribution in [0.25, 0.3) is 0 Å². The van der Waals surface area contributed by atoms with Crippen LogP contribution in [-0.4, -0.2) is 12.2 Å². The number of aryl methyl sites for hydroxylation is 1. The van der Waals surface area contributed by atoms with E-state index in [0.29, 0.717) is 0 Å². The zero-order chi connectivity index (χ0) is 12.8. The number of carbonyl (C=O) groups excluding carboxylic acids is 1. The Morgan fingerprint density at radius 1 is 1.22 bits per heavy atom. The molecule has 0 saturated heterocycles. The van der Waals surface area contributed by atoms with E-state index >= 15 is 0 Å². The third-order valence-electron chi connectivity index (χ3n) is 2.15. The summed E-state index contributed by atoms with van der Waals surface area (Å²) in [7, 11) is 0. The summed E-state index contributed by atoms with van der Waals surface area (Å²) in [6, 6.07) is 12.8. The second-order valence-electron chi connectivity index (χ2n) is 3.64. The first-order valence-electron chi connectivity index (χ1n) is 5.45. The van der Waals surface area contributed by atoms with E-state index in [-0.39, 0.29) is 6.03 Å². The molecule has 0 unspecified atom stereocenters. The lowest BCUT2D eigenvalue weighted by Crippen LogP contribution is -2.24. The van der Waals surface area contributed by atoms with Crippen molar-refractivity contribution in [2.45, 2.75) is 6.92 Å². The predicted molar refractivity (Wildman–Crippen MR) is 75.2 cm³/mol. The van der Waals surface area contributed by atoms with Crippen molar-refractivity contribution in [1.82, 2.24) is 5.43 Å². The second-order valence-corrected chi connectivity index (χ2v) is 4.96. The highest BCUT2D eigenvalue weighted by atomic mass is 32.1. The molecule has 2 aromatic rings. The molecule has 0 aliphatic carbocycles. The van der Waals surface area contributed by atoms with E-state index in [0.717, 1.165) is 10.6 Å². The smallest absolute Gasteiger partial charge is 0.307 e. The number of benzene rings is 1. The number of urea groups is 1. The number of thiophene rings is 1. The fourth-order valence-electron chi connectivity index (χ4n) is 1.36. The van der Waals surface area contributed by atoms with Gasteiger partial charge >= 0.3 is 6.03 Å². The number of rotatable bonds is 3. The van der Waals surface area contributed by atoms with Gasteiger partial charge in [-0.3, -0.25) is 0 Å². The summed E-state index contributed by atoms with van der Waals surface area (Å²) in [6.07, 6.45) is 1.63. The molecule has 0 spiro atoms. The minimum absolute atomic E-state index is 0.356. The zero-order valence-electron chi connectivity index (χ0n) is 9.88. The van der Waals surface area contributed by atoms with Crippen LogP contribution in [0.1, 0.15) is 9.75 Å². The quantitative estimate of drug-likeness (QED) is 0.645. The van der Waals surface area contributed by atoms with Gasteiger partial charge in [-0.25, -0.2) is 10.2 Å². The average Bonchev–Trinajstić information content (AvgIpc) is 2.76. The highest BCUT2D eigenvalue weighted by molar-refractivity contribution is 7.13. The van der Waals surface area contributed by atoms with Gasteiger partial charge in [0.2, 0.25) is 0 Å². The Bertz CT molecular complexity index is 548. The van der Waals surface area contributed by atoms with Crippen molar-refractivity contribution < 1.29 is 4.79 Å². The first-order valence-corrected chi connectivity index (χ1v) is 6.27. The molecule has 0 aliphatic rings. The van der Waals surface area contributed by atoms with E-state index in [2.05, 4.69) is 15.8 Å². The Balaban J connectivity index is 1.83. The van der Waals surface area contributed by atoms with Crippen molar-refractivity contribution in [3.8, 4) is 0 Å². The molecule has 0 bridgehead atoms. The van der Waals surface area contributed by atoms with Crippen molar-refractivity contribution in [3.63, 3.8) is 0 Å². The zero-order valence-corrected chi connectivity index (χ0v) is 10.7. The monoisotopic (exact) mass is 259 g/mol. The summed E-state index contributed by atoms with van der Waals surface area (Å²) >= 11 is 1.62. The lowest BCUT2D eigenvalue weighted by molar-refractivity contribution is 0.252. The van der Waals surface area contributed by atoms with Gasteiger partial charge in [-0.2, -0.15) is 5.10 Å². The number of hydrazone groups is 1. The van der Waals surface area contributed by atoms with Crippen molar-refractivity contribution in [2.75, 3.05) is 5.32 Å². The number of amides is 2. The molecule has 2 N–H and O–H groups in total. The Morgan fingerprint density at radius 3 is 2.67 bits per heavy atom. The van der Waals surface area contributed by atoms with Crippen molar-refractivity contribution in [2.24, 2.45) is 5.10 Å². The molecule has 0 atom stereocenters. The topological polar surface area (TPSA) is 53.5 Å². The van der Waals surface area contributed by atoms with Gasteiger partial charge in [-0.15, -0.1) is 11.3 Å². The molecule has 1 aromatic carbocycles. The lowest BCUT2D eigenvalue weighted by atomic mass is 10.3. The largest absolute Gasteiger partial charge is 0.339 e. The van der Waals surface area contributed by atoms with E-state index < -0.39 is 0 Å². The number of hydrogen-bond donors (Lipinski definition) is 2. The minimum Gasteiger partial charge on any atom is -0.307 e. The fraction of sp³-hybridized carbons (Fsp3) is 0.0769. The molecule has 0 aliphatic heterocycles. The van der Waals surface area contributed by atoms with E-state index in [1.165, 1.54) is 4.88 Å². The summed E-state index contributed by atoms with van der Waals surface area (Å²) in [6.45, 7) is 2.03. The molecule has 0 radical (unpaired) electrons. The Hall–Kier alpha value is -2.14. The van der Waals surface area contributed by atoms with Crippen molar-refractivity contribution in [3.05, 3.63) is 52.2 Å². The summed E-state index contributed by atoms with van der Waals surface area (Å²) < 4.78 is 0. The molecule has 1 heterocycles. The second kappa shape index (κ2) is 5.97. The Morgan fingerprint density at radius 2 is 2.00 bits per heavy atom. The van der Waals surface area contributed by atoms with Crippen LogP contribution in [0.5, 0.6) is 0 Å². The standard InChI is InChI=1S/C13H13N3OS/c1-10-7-8-12(18-10)9-14-16-13(17)15-11-5-3-2-4-6-11/h2-9H,1H3,(H2,15,16,17)/b14-9-. The maximum absolute atomic E-state index is 11.5. The summed E-state index contributed by atoms with van der Waals surface area (Å²) in [4.78, 5) is 13.7. The first kappa shape index (κ1) is 12.3. The number of hydrogen-bond acceptors (Lipinski definition) is 3. The van der Waals surface area contributed by atoms with Gasteiger partial charge in [0.05, 0.1) is 6.21 Å². The van der Waals surface area contributed by atoms with Gasteiger partial charge in [-0.1, -0.05) is 18.2 Å². The lowest BCUT2D eigenvalue weighted by Gasteiger charge is -2.02. The number of para-hydroxylation sites is 1. The van der Waals surface area contributed by atoms with Gasteiger partial charge < -0.3 is 5.32 Å². The highest BCUT2D eigenvalue weighted by Crippen LogP contribution is 2.12. The molecule has 92 valence electrons. The van der Waals surface area contributed by atoms with Crippen LogP contribution in [0.2, 0.25) is 0 Å². The molecule has 18 heavy (non-hydrogen) atoms. The predicted octanol–water partition coefficient (Wildman–Crippen LogP) is 3.21. The maximum atomic E-state index is 11.5. The number of nitrogens with zero attached hydrogens (tertiary/aromatic N) is 1. The van der Waals surface area contributed by atoms with Crippen LogP contribution >= 0.6 is 11.3 Å². The SMILES string of the molecule is Cc1ccc(/C=N\NC(=O)Nc2ccccc2)s1. The van der Waals surface area contributed by atoms with E-state index in [9.17, 15) is 4.79 Å². The molecule has 2 rings (SSSR count). The van der Waals surface area contributed by atoms with Gasteiger partial charge in [-0.05, 0) is 31.2 Å². The molecule has 0 fully saturated rings. The molecule has 1 aromatic heterocycles. The van der Waals surface area contributed by atoms with E-state index in [1.54, 1.807) is 17.6 Å². The van der Waals surface area contributed by atoms with Crippen LogP contribution in [0.4, 0.5) is 10.5 Å². The Labute approximate surface area is 109 Å². The first-order chi connectivity index (χ1) is 8.74. The van der Waals surface area contributed by atoms with Crippen LogP contribution in [0.3, 0.4) is 0 Å². The highest BCUT2D eigenvalue weighted by Gasteiger charge is 1.98. The third-order valence-corrected chi connectivity index (χ3v) is 3.09. The molecule has 2 amide bonds. The minimum atomic E-state index is -0.356. The van der Waals surface area contributed by atoms with Crippen molar-refractivity contribution in [1.29, 1.82) is 0 Å². The Kier molecular flexibility index (Phi) is 4.09. The molecule has 5 heteroatoms. The molecule has 0 saturated carbocycles. The van der Waals surface area contributed by atoms with E-state index in [1.807, 2.05) is 49.4 Å². The third kappa shape index (κ3) is 3.71. The molecule has 4 nitrogen and oxygen atoms in total. The van der Waals surface area contributed by atoms with Crippen LogP contribution < -0.4 is 10.7 Å². The number of anilines is 1. The maximum Gasteiger partial charge on any atom is 0.339 e. The summed E-state index contributed by atoms with van der Waals surface area (Å²) in [5, 5.41) is 6.55. The molecular formula is C13H13N3OS.